The molecule has 2 aromatic rings. The van der Waals surface area contributed by atoms with Crippen molar-refractivity contribution in [2.24, 2.45) is 0 Å². The molecule has 5 heteroatoms. The lowest BCUT2D eigenvalue weighted by molar-refractivity contribution is -0.116. The molecule has 1 heterocycles. The molecule has 0 bridgehead atoms. The van der Waals surface area contributed by atoms with Crippen molar-refractivity contribution in [3.63, 3.8) is 0 Å². The molecule has 5 nitrogen and oxygen atoms in total. The van der Waals surface area contributed by atoms with Crippen molar-refractivity contribution in [1.29, 1.82) is 0 Å². The minimum atomic E-state index is -0.304. The van der Waals surface area contributed by atoms with Gasteiger partial charge < -0.3 is 15.1 Å². The molecule has 0 saturated carbocycles. The summed E-state index contributed by atoms with van der Waals surface area (Å²) < 4.78 is 5.02. The van der Waals surface area contributed by atoms with E-state index in [0.717, 1.165) is 24.9 Å². The Hall–Kier alpha value is -2.56. The number of rotatable bonds is 7. The van der Waals surface area contributed by atoms with Crippen molar-refractivity contribution in [3.8, 4) is 0 Å². The van der Waals surface area contributed by atoms with Gasteiger partial charge in [0.15, 0.2) is 5.76 Å². The number of carbonyl (C=O) groups excluding carboxylic acids is 2. The molecule has 0 radical (unpaired) electrons. The van der Waals surface area contributed by atoms with Crippen molar-refractivity contribution in [2.75, 3.05) is 10.6 Å². The molecule has 116 valence electrons. The summed E-state index contributed by atoms with van der Waals surface area (Å²) >= 11 is 0. The largest absolute Gasteiger partial charge is 0.459 e. The number of hydrogen-bond acceptors (Lipinski definition) is 3. The maximum atomic E-state index is 11.8. The molecule has 0 atom stereocenters. The molecule has 0 saturated heterocycles. The second-order valence-corrected chi connectivity index (χ2v) is 5.01. The van der Waals surface area contributed by atoms with E-state index in [1.165, 1.54) is 6.26 Å². The number of benzene rings is 1. The maximum absolute atomic E-state index is 11.8. The number of nitrogens with one attached hydrogen (secondary N) is 2. The van der Waals surface area contributed by atoms with Crippen LogP contribution in [0.25, 0.3) is 0 Å². The average Bonchev–Trinajstić information content (AvgIpc) is 3.04. The second kappa shape index (κ2) is 8.02. The molecule has 2 rings (SSSR count). The lowest BCUT2D eigenvalue weighted by atomic mass is 10.2. The fourth-order valence-electron chi connectivity index (χ4n) is 2.00. The molecule has 1 aromatic heterocycles. The number of carbonyl (C=O) groups is 2. The van der Waals surface area contributed by atoms with Crippen LogP contribution in [0.5, 0.6) is 0 Å². The van der Waals surface area contributed by atoms with E-state index in [2.05, 4.69) is 17.6 Å². The van der Waals surface area contributed by atoms with Crippen LogP contribution in [0.3, 0.4) is 0 Å². The summed E-state index contributed by atoms with van der Waals surface area (Å²) in [5.74, 6) is -0.0320. The second-order valence-electron chi connectivity index (χ2n) is 5.01. The number of furan rings is 1. The van der Waals surface area contributed by atoms with Gasteiger partial charge in [0.05, 0.1) is 6.26 Å². The Morgan fingerprint density at radius 3 is 2.27 bits per heavy atom. The van der Waals surface area contributed by atoms with E-state index in [0.29, 0.717) is 12.1 Å². The minimum absolute atomic E-state index is 0.0146. The van der Waals surface area contributed by atoms with E-state index < -0.39 is 0 Å². The van der Waals surface area contributed by atoms with Crippen LogP contribution in [0.4, 0.5) is 11.4 Å². The number of unbranched alkanes of at least 4 members (excludes halogenated alkanes) is 2. The van der Waals surface area contributed by atoms with Gasteiger partial charge in [-0.3, -0.25) is 9.59 Å². The minimum Gasteiger partial charge on any atom is -0.459 e. The number of anilines is 2. The molecule has 0 aliphatic heterocycles. The predicted molar refractivity (Wildman–Crippen MR) is 85.9 cm³/mol. The summed E-state index contributed by atoms with van der Waals surface area (Å²) in [6, 6.07) is 10.3. The Kier molecular flexibility index (Phi) is 5.77. The zero-order valence-electron chi connectivity index (χ0n) is 12.6. The van der Waals surface area contributed by atoms with E-state index in [1.807, 2.05) is 0 Å². The summed E-state index contributed by atoms with van der Waals surface area (Å²) in [5, 5.41) is 5.56. The van der Waals surface area contributed by atoms with Crippen LogP contribution in [-0.2, 0) is 4.79 Å². The Labute approximate surface area is 129 Å². The fourth-order valence-corrected chi connectivity index (χ4v) is 2.00. The number of amides is 2. The first-order chi connectivity index (χ1) is 10.7. The summed E-state index contributed by atoms with van der Waals surface area (Å²) in [7, 11) is 0. The predicted octanol–water partition coefficient (Wildman–Crippen LogP) is 4.05. The standard InChI is InChI=1S/C17H20N2O3/c1-2-3-4-7-16(20)18-13-8-10-14(11-9-13)19-17(21)15-6-5-12-22-15/h5-6,8-12H,2-4,7H2,1H3,(H,18,20)(H,19,21). The van der Waals surface area contributed by atoms with Crippen LogP contribution in [0, 0.1) is 0 Å². The summed E-state index contributed by atoms with van der Waals surface area (Å²) in [6.07, 6.45) is 5.04. The Balaban J connectivity index is 1.85. The molecule has 0 unspecified atom stereocenters. The monoisotopic (exact) mass is 300 g/mol. The molecule has 0 aliphatic carbocycles. The van der Waals surface area contributed by atoms with Crippen LogP contribution in [0.1, 0.15) is 43.2 Å². The Bertz CT molecular complexity index is 603. The zero-order valence-corrected chi connectivity index (χ0v) is 12.6. The van der Waals surface area contributed by atoms with Crippen molar-refractivity contribution >= 4 is 23.2 Å². The molecule has 2 amide bonds. The molecule has 1 aromatic carbocycles. The van der Waals surface area contributed by atoms with Crippen molar-refractivity contribution in [2.45, 2.75) is 32.6 Å². The molecular weight excluding hydrogens is 280 g/mol. The van der Waals surface area contributed by atoms with Gasteiger partial charge in [0.1, 0.15) is 0 Å². The highest BCUT2D eigenvalue weighted by Crippen LogP contribution is 2.15. The highest BCUT2D eigenvalue weighted by molar-refractivity contribution is 6.02. The SMILES string of the molecule is CCCCCC(=O)Nc1ccc(NC(=O)c2ccco2)cc1. The first-order valence-electron chi connectivity index (χ1n) is 7.44. The van der Waals surface area contributed by atoms with E-state index in [9.17, 15) is 9.59 Å². The van der Waals surface area contributed by atoms with Gasteiger partial charge in [-0.2, -0.15) is 0 Å². The summed E-state index contributed by atoms with van der Waals surface area (Å²) in [4.78, 5) is 23.5. The van der Waals surface area contributed by atoms with Crippen LogP contribution in [0.2, 0.25) is 0 Å². The van der Waals surface area contributed by atoms with Crippen LogP contribution in [-0.4, -0.2) is 11.8 Å². The quantitative estimate of drug-likeness (QED) is 0.758. The van der Waals surface area contributed by atoms with Crippen molar-refractivity contribution < 1.29 is 14.0 Å². The maximum Gasteiger partial charge on any atom is 0.291 e. The van der Waals surface area contributed by atoms with E-state index in [-0.39, 0.29) is 17.6 Å². The van der Waals surface area contributed by atoms with E-state index in [4.69, 9.17) is 4.42 Å². The van der Waals surface area contributed by atoms with Crippen molar-refractivity contribution in [1.82, 2.24) is 0 Å². The van der Waals surface area contributed by atoms with Crippen molar-refractivity contribution in [3.05, 3.63) is 48.4 Å². The molecule has 2 N–H and O–H groups in total. The highest BCUT2D eigenvalue weighted by atomic mass is 16.3. The Morgan fingerprint density at radius 2 is 1.68 bits per heavy atom. The molecule has 0 spiro atoms. The topological polar surface area (TPSA) is 71.3 Å². The lowest BCUT2D eigenvalue weighted by Gasteiger charge is -2.07. The van der Waals surface area contributed by atoms with Gasteiger partial charge in [-0.05, 0) is 42.8 Å². The lowest BCUT2D eigenvalue weighted by Crippen LogP contribution is -2.12. The molecule has 0 aliphatic rings. The van der Waals surface area contributed by atoms with E-state index >= 15 is 0 Å². The summed E-state index contributed by atoms with van der Waals surface area (Å²) in [5.41, 5.74) is 1.36. The third kappa shape index (κ3) is 4.77. The van der Waals surface area contributed by atoms with Crippen LogP contribution in [0.15, 0.2) is 47.1 Å². The van der Waals surface area contributed by atoms with Gasteiger partial charge in [-0.25, -0.2) is 0 Å². The number of hydrogen-bond donors (Lipinski definition) is 2. The fraction of sp³-hybridized carbons (Fsp3) is 0.294. The first kappa shape index (κ1) is 15.8. The zero-order chi connectivity index (χ0) is 15.8. The third-order valence-electron chi connectivity index (χ3n) is 3.18. The molecular formula is C17H20N2O3. The van der Waals surface area contributed by atoms with Crippen LogP contribution >= 0.6 is 0 Å². The van der Waals surface area contributed by atoms with Gasteiger partial charge in [-0.15, -0.1) is 0 Å². The average molecular weight is 300 g/mol. The molecule has 0 fully saturated rings. The van der Waals surface area contributed by atoms with Gasteiger partial charge >= 0.3 is 0 Å². The van der Waals surface area contributed by atoms with Gasteiger partial charge in [0, 0.05) is 17.8 Å². The third-order valence-corrected chi connectivity index (χ3v) is 3.18. The highest BCUT2D eigenvalue weighted by Gasteiger charge is 2.08. The normalized spacial score (nSPS) is 10.2. The van der Waals surface area contributed by atoms with Crippen LogP contribution < -0.4 is 10.6 Å². The molecule has 22 heavy (non-hydrogen) atoms. The first-order valence-corrected chi connectivity index (χ1v) is 7.44. The van der Waals surface area contributed by atoms with E-state index in [1.54, 1.807) is 36.4 Å². The van der Waals surface area contributed by atoms with Gasteiger partial charge in [0.2, 0.25) is 5.91 Å². The summed E-state index contributed by atoms with van der Waals surface area (Å²) in [6.45, 7) is 2.10. The Morgan fingerprint density at radius 1 is 1.00 bits per heavy atom. The smallest absolute Gasteiger partial charge is 0.291 e. The van der Waals surface area contributed by atoms with Gasteiger partial charge in [-0.1, -0.05) is 19.8 Å². The van der Waals surface area contributed by atoms with Gasteiger partial charge in [0.25, 0.3) is 5.91 Å².